The van der Waals surface area contributed by atoms with Crippen LogP contribution in [0.15, 0.2) is 95.9 Å². The molecule has 0 saturated heterocycles. The van der Waals surface area contributed by atoms with Gasteiger partial charge in [-0.1, -0.05) is 67.4 Å². The lowest BCUT2D eigenvalue weighted by atomic mass is 10.0. The number of methoxy groups -OCH3 is 3. The number of amides is 2. The predicted molar refractivity (Wildman–Crippen MR) is 191 cm³/mol. The third-order valence-corrected chi connectivity index (χ3v) is 9.99. The summed E-state index contributed by atoms with van der Waals surface area (Å²) in [4.78, 5) is 29.7. The molecule has 4 aromatic carbocycles. The molecule has 1 N–H and O–H groups in total. The Hall–Kier alpha value is -4.81. The van der Waals surface area contributed by atoms with Crippen LogP contribution in [0.3, 0.4) is 0 Å². The Morgan fingerprint density at radius 3 is 2.14 bits per heavy atom. The first kappa shape index (κ1) is 38.0. The van der Waals surface area contributed by atoms with Gasteiger partial charge in [-0.3, -0.25) is 13.9 Å². The molecule has 0 aliphatic rings. The number of nitrogens with zero attached hydrogens (tertiary/aromatic N) is 2. The summed E-state index contributed by atoms with van der Waals surface area (Å²) in [6.07, 6.45) is 1.70. The Morgan fingerprint density at radius 2 is 1.50 bits per heavy atom. The van der Waals surface area contributed by atoms with E-state index in [0.29, 0.717) is 17.9 Å². The van der Waals surface area contributed by atoms with E-state index in [1.54, 1.807) is 0 Å². The Balaban J connectivity index is 1.86. The Bertz CT molecular complexity index is 1860. The van der Waals surface area contributed by atoms with Crippen LogP contribution in [0.1, 0.15) is 30.9 Å². The quantitative estimate of drug-likeness (QED) is 0.128. The monoisotopic (exact) mass is 725 g/mol. The molecule has 13 heteroatoms. The number of rotatable bonds is 17. The molecule has 0 saturated carbocycles. The number of anilines is 1. The van der Waals surface area contributed by atoms with Gasteiger partial charge in [-0.05, 0) is 60.0 Å². The summed E-state index contributed by atoms with van der Waals surface area (Å²) in [5, 5.41) is 3.13. The number of sulfonamides is 1. The van der Waals surface area contributed by atoms with Crippen LogP contribution in [-0.2, 0) is 32.6 Å². The van der Waals surface area contributed by atoms with Crippen molar-refractivity contribution in [3.05, 3.63) is 113 Å². The smallest absolute Gasteiger partial charge is 0.265 e. The van der Waals surface area contributed by atoms with Gasteiger partial charge in [-0.15, -0.1) is 0 Å². The van der Waals surface area contributed by atoms with E-state index >= 15 is 0 Å². The van der Waals surface area contributed by atoms with E-state index in [1.807, 2.05) is 37.3 Å². The van der Waals surface area contributed by atoms with Gasteiger partial charge in [0.25, 0.3) is 10.0 Å². The van der Waals surface area contributed by atoms with Gasteiger partial charge in [0.05, 0.1) is 31.9 Å². The molecule has 0 bridgehead atoms. The lowest BCUT2D eigenvalue weighted by Crippen LogP contribution is -2.53. The average molecular weight is 726 g/mol. The van der Waals surface area contributed by atoms with Gasteiger partial charge in [-0.2, -0.15) is 0 Å². The van der Waals surface area contributed by atoms with Crippen molar-refractivity contribution in [1.82, 2.24) is 10.2 Å². The molecule has 0 radical (unpaired) electrons. The van der Waals surface area contributed by atoms with Gasteiger partial charge in [0.15, 0.2) is 11.5 Å². The highest BCUT2D eigenvalue weighted by molar-refractivity contribution is 7.92. The number of halogens is 2. The highest BCUT2D eigenvalue weighted by Gasteiger charge is 2.36. The topological polar surface area (TPSA) is 114 Å². The number of hydrogen-bond donors (Lipinski definition) is 1. The van der Waals surface area contributed by atoms with E-state index < -0.39 is 40.2 Å². The van der Waals surface area contributed by atoms with Crippen LogP contribution in [0.2, 0.25) is 5.02 Å². The number of hydrogen-bond acceptors (Lipinski definition) is 7. The van der Waals surface area contributed by atoms with Gasteiger partial charge in [0.1, 0.15) is 24.2 Å². The maximum absolute atomic E-state index is 14.7. The van der Waals surface area contributed by atoms with Crippen LogP contribution < -0.4 is 23.8 Å². The number of unbranched alkanes of at least 4 members (excludes halogenated alkanes) is 1. The minimum Gasteiger partial charge on any atom is -0.495 e. The molecule has 0 fully saturated rings. The number of ether oxygens (including phenoxy) is 3. The number of carbonyl (C=O) groups excluding carboxylic acids is 2. The fourth-order valence-electron chi connectivity index (χ4n) is 5.32. The summed E-state index contributed by atoms with van der Waals surface area (Å²) in [6.45, 7) is 1.52. The summed E-state index contributed by atoms with van der Waals surface area (Å²) in [5.41, 5.74) is 1.32. The number of nitrogens with one attached hydrogen (secondary N) is 1. The van der Waals surface area contributed by atoms with Crippen molar-refractivity contribution >= 4 is 39.1 Å². The van der Waals surface area contributed by atoms with Crippen LogP contribution in [-0.4, -0.2) is 65.6 Å². The fourth-order valence-corrected chi connectivity index (χ4v) is 6.92. The molecule has 266 valence electrons. The summed E-state index contributed by atoms with van der Waals surface area (Å²) < 4.78 is 60.1. The molecule has 4 rings (SSSR count). The van der Waals surface area contributed by atoms with Crippen LogP contribution in [0.25, 0.3) is 0 Å². The third kappa shape index (κ3) is 9.45. The molecule has 0 aliphatic heterocycles. The summed E-state index contributed by atoms with van der Waals surface area (Å²) >= 11 is 6.37. The predicted octanol–water partition coefficient (Wildman–Crippen LogP) is 6.26. The zero-order valence-corrected chi connectivity index (χ0v) is 30.0. The Labute approximate surface area is 297 Å². The van der Waals surface area contributed by atoms with Crippen molar-refractivity contribution in [2.75, 3.05) is 38.7 Å². The maximum Gasteiger partial charge on any atom is 0.265 e. The molecule has 4 aromatic rings. The lowest BCUT2D eigenvalue weighted by molar-refractivity contribution is -0.140. The fraction of sp³-hybridized carbons (Fsp3) is 0.297. The SMILES string of the molecule is CCCCNC(=O)[C@H](Cc1ccccc1)N(Cc1ccc(F)cc1)C(=O)CN(c1cc(Cl)ccc1OC)S(=O)(=O)c1ccc(OC)c(OC)c1. The highest BCUT2D eigenvalue weighted by atomic mass is 35.5. The first-order valence-corrected chi connectivity index (χ1v) is 17.8. The van der Waals surface area contributed by atoms with Crippen molar-refractivity contribution in [3.63, 3.8) is 0 Å². The van der Waals surface area contributed by atoms with Gasteiger partial charge >= 0.3 is 0 Å². The molecular formula is C37H41ClFN3O7S. The molecule has 1 atom stereocenters. The summed E-state index contributed by atoms with van der Waals surface area (Å²) in [6, 6.07) is 22.2. The van der Waals surface area contributed by atoms with Crippen molar-refractivity contribution in [2.24, 2.45) is 0 Å². The minimum atomic E-state index is -4.53. The molecule has 0 spiro atoms. The van der Waals surface area contributed by atoms with E-state index in [9.17, 15) is 22.4 Å². The highest BCUT2D eigenvalue weighted by Crippen LogP contribution is 2.37. The Morgan fingerprint density at radius 1 is 0.840 bits per heavy atom. The van der Waals surface area contributed by atoms with Gasteiger partial charge in [0, 0.05) is 30.6 Å². The first-order chi connectivity index (χ1) is 24.0. The largest absolute Gasteiger partial charge is 0.495 e. The lowest BCUT2D eigenvalue weighted by Gasteiger charge is -2.34. The van der Waals surface area contributed by atoms with Crippen LogP contribution in [0.5, 0.6) is 17.2 Å². The van der Waals surface area contributed by atoms with Gasteiger partial charge in [0.2, 0.25) is 11.8 Å². The summed E-state index contributed by atoms with van der Waals surface area (Å²) in [5.74, 6) is -0.987. The zero-order chi connectivity index (χ0) is 36.3. The van der Waals surface area contributed by atoms with Gasteiger partial charge < -0.3 is 24.4 Å². The normalized spacial score (nSPS) is 11.7. The van der Waals surface area contributed by atoms with E-state index in [-0.39, 0.29) is 40.1 Å². The van der Waals surface area contributed by atoms with Crippen LogP contribution in [0.4, 0.5) is 10.1 Å². The molecular weight excluding hydrogens is 685 g/mol. The molecule has 50 heavy (non-hydrogen) atoms. The maximum atomic E-state index is 14.7. The van der Waals surface area contributed by atoms with E-state index in [2.05, 4.69) is 5.32 Å². The van der Waals surface area contributed by atoms with Gasteiger partial charge in [-0.25, -0.2) is 12.8 Å². The number of benzene rings is 4. The summed E-state index contributed by atoms with van der Waals surface area (Å²) in [7, 11) is -0.360. The molecule has 0 aromatic heterocycles. The molecule has 0 unspecified atom stereocenters. The van der Waals surface area contributed by atoms with Crippen molar-refractivity contribution < 1.29 is 36.6 Å². The Kier molecular flexibility index (Phi) is 13.5. The van der Waals surface area contributed by atoms with Crippen molar-refractivity contribution in [2.45, 2.75) is 43.7 Å². The van der Waals surface area contributed by atoms with Crippen molar-refractivity contribution in [3.8, 4) is 17.2 Å². The second kappa shape index (κ2) is 17.7. The molecule has 10 nitrogen and oxygen atoms in total. The molecule has 2 amide bonds. The van der Waals surface area contributed by atoms with E-state index in [4.69, 9.17) is 25.8 Å². The second-order valence-electron chi connectivity index (χ2n) is 11.3. The standard InChI is InChI=1S/C37H41ClFN3O7S/c1-5-6-20-40-37(44)32(21-26-10-8-7-9-11-26)41(24-27-12-15-29(39)16-13-27)36(43)25-42(31-22-28(38)14-18-33(31)47-2)50(45,46)30-17-19-34(48-3)35(23-30)49-4/h7-19,22-23,32H,5-6,20-21,24-25H2,1-4H3,(H,40,44)/t32-/m0/s1. The van der Waals surface area contributed by atoms with Crippen molar-refractivity contribution in [1.29, 1.82) is 0 Å². The minimum absolute atomic E-state index is 0.00289. The van der Waals surface area contributed by atoms with Crippen LogP contribution in [0, 0.1) is 5.82 Å². The van der Waals surface area contributed by atoms with Crippen LogP contribution >= 0.6 is 11.6 Å². The third-order valence-electron chi connectivity index (χ3n) is 8.00. The zero-order valence-electron chi connectivity index (χ0n) is 28.4. The molecule has 0 heterocycles. The van der Waals surface area contributed by atoms with E-state index in [1.165, 1.54) is 86.9 Å². The number of carbonyl (C=O) groups is 2. The first-order valence-electron chi connectivity index (χ1n) is 16.0. The second-order valence-corrected chi connectivity index (χ2v) is 13.6. The molecule has 0 aliphatic carbocycles. The average Bonchev–Trinajstić information content (AvgIpc) is 3.12. The van der Waals surface area contributed by atoms with E-state index in [0.717, 1.165) is 22.7 Å².